The lowest BCUT2D eigenvalue weighted by atomic mass is 10.0. The summed E-state index contributed by atoms with van der Waals surface area (Å²) in [6.45, 7) is 4.56. The molecule has 152 valence electrons. The van der Waals surface area contributed by atoms with Gasteiger partial charge in [0.25, 0.3) is 11.5 Å². The number of benzene rings is 2. The van der Waals surface area contributed by atoms with Crippen molar-refractivity contribution >= 4 is 11.4 Å². The number of halogens is 1. The summed E-state index contributed by atoms with van der Waals surface area (Å²) in [5.74, 6) is -0.852. The van der Waals surface area contributed by atoms with E-state index in [4.69, 9.17) is 0 Å². The largest absolute Gasteiger partial charge is 0.350 e. The molecule has 0 unspecified atom stereocenters. The van der Waals surface area contributed by atoms with Gasteiger partial charge in [-0.3, -0.25) is 9.59 Å². The number of aryl methyl sites for hydroxylation is 2. The number of rotatable bonds is 5. The highest BCUT2D eigenvalue weighted by Gasteiger charge is 2.12. The zero-order chi connectivity index (χ0) is 21.3. The van der Waals surface area contributed by atoms with Crippen LogP contribution in [-0.4, -0.2) is 26.6 Å². The fourth-order valence-corrected chi connectivity index (χ4v) is 3.37. The van der Waals surface area contributed by atoms with Crippen molar-refractivity contribution in [2.45, 2.75) is 20.4 Å². The Balaban J connectivity index is 1.53. The number of aromatic nitrogens is 3. The van der Waals surface area contributed by atoms with Gasteiger partial charge in [-0.25, -0.2) is 8.91 Å². The van der Waals surface area contributed by atoms with Gasteiger partial charge in [0.2, 0.25) is 0 Å². The Hall–Kier alpha value is -3.74. The Kier molecular flexibility index (Phi) is 5.18. The van der Waals surface area contributed by atoms with Gasteiger partial charge in [0.15, 0.2) is 0 Å². The molecule has 0 aliphatic rings. The molecule has 0 saturated heterocycles. The molecule has 2 aromatic heterocycles. The highest BCUT2D eigenvalue weighted by atomic mass is 19.1. The van der Waals surface area contributed by atoms with Crippen LogP contribution >= 0.6 is 0 Å². The summed E-state index contributed by atoms with van der Waals surface area (Å²) in [4.78, 5) is 25.0. The van der Waals surface area contributed by atoms with Gasteiger partial charge >= 0.3 is 0 Å². The van der Waals surface area contributed by atoms with E-state index < -0.39 is 5.82 Å². The van der Waals surface area contributed by atoms with E-state index in [2.05, 4.69) is 16.5 Å². The molecule has 0 saturated carbocycles. The molecule has 0 atom stereocenters. The molecule has 0 bridgehead atoms. The van der Waals surface area contributed by atoms with E-state index in [-0.39, 0.29) is 23.6 Å². The molecule has 0 fully saturated rings. The van der Waals surface area contributed by atoms with Crippen molar-refractivity contribution in [2.75, 3.05) is 6.54 Å². The maximum atomic E-state index is 13.3. The van der Waals surface area contributed by atoms with Crippen LogP contribution < -0.4 is 10.9 Å². The minimum absolute atomic E-state index is 0.193. The third-order valence-corrected chi connectivity index (χ3v) is 5.00. The number of nitrogens with one attached hydrogen (secondary N) is 1. The van der Waals surface area contributed by atoms with Crippen LogP contribution in [0.4, 0.5) is 4.39 Å². The molecule has 0 spiro atoms. The molecule has 0 radical (unpaired) electrons. The molecular weight excluding hydrogens is 383 g/mol. The zero-order valence-electron chi connectivity index (χ0n) is 16.7. The quantitative estimate of drug-likeness (QED) is 0.555. The van der Waals surface area contributed by atoms with E-state index in [0.29, 0.717) is 12.1 Å². The number of hydrogen-bond acceptors (Lipinski definition) is 3. The van der Waals surface area contributed by atoms with E-state index in [1.54, 1.807) is 23.0 Å². The Morgan fingerprint density at radius 2 is 1.93 bits per heavy atom. The summed E-state index contributed by atoms with van der Waals surface area (Å²) in [6, 6.07) is 13.4. The number of carbonyl (C=O) groups excluding carboxylic acids is 1. The van der Waals surface area contributed by atoms with Crippen LogP contribution in [0.5, 0.6) is 0 Å². The molecule has 4 aromatic rings. The standard InChI is InChI=1S/C23H21FN4O2/c1-15-6-7-16(2)19(12-15)20-14-21-23(30)27(10-11-28(21)26-20)9-8-25-22(29)17-4-3-5-18(24)13-17/h3-7,10-14H,8-9H2,1-2H3,(H,25,29). The van der Waals surface area contributed by atoms with Crippen LogP contribution in [0.2, 0.25) is 0 Å². The van der Waals surface area contributed by atoms with Crippen LogP contribution in [0.1, 0.15) is 21.5 Å². The van der Waals surface area contributed by atoms with Crippen LogP contribution in [0.25, 0.3) is 16.8 Å². The van der Waals surface area contributed by atoms with Gasteiger partial charge in [0.05, 0.1) is 5.69 Å². The molecule has 30 heavy (non-hydrogen) atoms. The molecule has 7 heteroatoms. The monoisotopic (exact) mass is 404 g/mol. The fourth-order valence-electron chi connectivity index (χ4n) is 3.37. The molecule has 6 nitrogen and oxygen atoms in total. The van der Waals surface area contributed by atoms with Gasteiger partial charge < -0.3 is 9.88 Å². The lowest BCUT2D eigenvalue weighted by Gasteiger charge is -2.08. The molecular formula is C23H21FN4O2. The van der Waals surface area contributed by atoms with E-state index in [0.717, 1.165) is 22.4 Å². The summed E-state index contributed by atoms with van der Waals surface area (Å²) in [6.07, 6.45) is 3.36. The lowest BCUT2D eigenvalue weighted by molar-refractivity contribution is 0.0951. The van der Waals surface area contributed by atoms with E-state index in [9.17, 15) is 14.0 Å². The first-order chi connectivity index (χ1) is 14.4. The number of carbonyl (C=O) groups is 1. The normalized spacial score (nSPS) is 11.0. The van der Waals surface area contributed by atoms with Gasteiger partial charge in [-0.1, -0.05) is 23.8 Å². The zero-order valence-corrected chi connectivity index (χ0v) is 16.7. The molecule has 0 aliphatic carbocycles. The van der Waals surface area contributed by atoms with E-state index >= 15 is 0 Å². The van der Waals surface area contributed by atoms with Crippen LogP contribution in [0, 0.1) is 19.7 Å². The van der Waals surface area contributed by atoms with Crippen LogP contribution in [-0.2, 0) is 6.54 Å². The van der Waals surface area contributed by atoms with Gasteiger partial charge in [-0.05, 0) is 49.7 Å². The van der Waals surface area contributed by atoms with E-state index in [1.807, 2.05) is 26.0 Å². The van der Waals surface area contributed by atoms with Gasteiger partial charge in [0, 0.05) is 36.6 Å². The summed E-state index contributed by atoms with van der Waals surface area (Å²) >= 11 is 0. The topological polar surface area (TPSA) is 68.4 Å². The van der Waals surface area contributed by atoms with Crippen molar-refractivity contribution in [3.8, 4) is 11.3 Å². The molecule has 2 heterocycles. The van der Waals surface area contributed by atoms with Crippen molar-refractivity contribution in [3.05, 3.63) is 93.8 Å². The SMILES string of the molecule is Cc1ccc(C)c(-c2cc3c(=O)n(CCNC(=O)c4cccc(F)c4)ccn3n2)c1. The lowest BCUT2D eigenvalue weighted by Crippen LogP contribution is -2.31. The molecule has 0 aliphatic heterocycles. The average molecular weight is 404 g/mol. The second-order valence-corrected chi connectivity index (χ2v) is 7.24. The fraction of sp³-hybridized carbons (Fsp3) is 0.174. The van der Waals surface area contributed by atoms with Crippen molar-refractivity contribution in [2.24, 2.45) is 0 Å². The minimum atomic E-state index is -0.468. The maximum Gasteiger partial charge on any atom is 0.276 e. The number of fused-ring (bicyclic) bond motifs is 1. The predicted octanol–water partition coefficient (Wildman–Crippen LogP) is 3.35. The highest BCUT2D eigenvalue weighted by molar-refractivity contribution is 5.94. The van der Waals surface area contributed by atoms with Gasteiger partial charge in [0.1, 0.15) is 11.3 Å². The van der Waals surface area contributed by atoms with Gasteiger partial charge in [-0.2, -0.15) is 5.10 Å². The Labute approximate surface area is 172 Å². The maximum absolute atomic E-state index is 13.3. The van der Waals surface area contributed by atoms with Crippen LogP contribution in [0.15, 0.2) is 65.7 Å². The summed E-state index contributed by atoms with van der Waals surface area (Å²) in [5.41, 5.74) is 4.46. The summed E-state index contributed by atoms with van der Waals surface area (Å²) in [5, 5.41) is 7.25. The Bertz CT molecular complexity index is 1310. The first kappa shape index (κ1) is 19.6. The summed E-state index contributed by atoms with van der Waals surface area (Å²) in [7, 11) is 0. The molecule has 1 N–H and O–H groups in total. The third-order valence-electron chi connectivity index (χ3n) is 5.00. The second kappa shape index (κ2) is 7.94. The highest BCUT2D eigenvalue weighted by Crippen LogP contribution is 2.23. The van der Waals surface area contributed by atoms with Crippen LogP contribution in [0.3, 0.4) is 0 Å². The smallest absolute Gasteiger partial charge is 0.276 e. The number of amides is 1. The Morgan fingerprint density at radius 1 is 1.10 bits per heavy atom. The predicted molar refractivity (Wildman–Crippen MR) is 113 cm³/mol. The third kappa shape index (κ3) is 3.87. The average Bonchev–Trinajstić information content (AvgIpc) is 3.16. The van der Waals surface area contributed by atoms with Crippen molar-refractivity contribution in [1.29, 1.82) is 0 Å². The number of hydrogen-bond donors (Lipinski definition) is 1. The second-order valence-electron chi connectivity index (χ2n) is 7.24. The Morgan fingerprint density at radius 3 is 2.73 bits per heavy atom. The first-order valence-corrected chi connectivity index (χ1v) is 9.62. The number of nitrogens with zero attached hydrogens (tertiary/aromatic N) is 3. The summed E-state index contributed by atoms with van der Waals surface area (Å²) < 4.78 is 16.3. The molecule has 2 aromatic carbocycles. The minimum Gasteiger partial charge on any atom is -0.350 e. The van der Waals surface area contributed by atoms with Crippen molar-refractivity contribution < 1.29 is 9.18 Å². The molecule has 1 amide bonds. The van der Waals surface area contributed by atoms with E-state index in [1.165, 1.54) is 28.8 Å². The first-order valence-electron chi connectivity index (χ1n) is 9.62. The van der Waals surface area contributed by atoms with Gasteiger partial charge in [-0.15, -0.1) is 0 Å². The molecule has 4 rings (SSSR count). The van der Waals surface area contributed by atoms with Crippen molar-refractivity contribution in [3.63, 3.8) is 0 Å². The van der Waals surface area contributed by atoms with Crippen molar-refractivity contribution in [1.82, 2.24) is 19.5 Å².